The van der Waals surface area contributed by atoms with E-state index in [0.717, 1.165) is 24.7 Å². The van der Waals surface area contributed by atoms with Gasteiger partial charge >= 0.3 is 0 Å². The van der Waals surface area contributed by atoms with E-state index in [1.807, 2.05) is 30.3 Å². The second-order valence-electron chi connectivity index (χ2n) is 3.61. The lowest BCUT2D eigenvalue weighted by Crippen LogP contribution is -2.14. The van der Waals surface area contributed by atoms with Crippen LogP contribution in [0.1, 0.15) is 18.4 Å². The molecule has 0 N–H and O–H groups in total. The van der Waals surface area contributed by atoms with Gasteiger partial charge in [0.1, 0.15) is 12.4 Å². The molecule has 1 heterocycles. The third-order valence-corrected chi connectivity index (χ3v) is 2.44. The number of carbonyl (C=O) groups excluding carboxylic acids is 1. The zero-order valence-electron chi connectivity index (χ0n) is 8.46. The van der Waals surface area contributed by atoms with Gasteiger partial charge in [0.2, 0.25) is 0 Å². The Balaban J connectivity index is 1.77. The van der Waals surface area contributed by atoms with E-state index in [0.29, 0.717) is 6.61 Å². The number of carbonyl (C=O) groups is 1. The Hall–Kier alpha value is -1.19. The normalized spacial score (nSPS) is 25.3. The van der Waals surface area contributed by atoms with Crippen molar-refractivity contribution in [1.29, 1.82) is 0 Å². The molecular weight excluding hydrogens is 192 g/mol. The first kappa shape index (κ1) is 10.3. The minimum absolute atomic E-state index is 0.222. The van der Waals surface area contributed by atoms with Crippen LogP contribution in [-0.2, 0) is 20.9 Å². The molecule has 3 nitrogen and oxygen atoms in total. The number of hydrogen-bond acceptors (Lipinski definition) is 3. The largest absolute Gasteiger partial charge is 0.348 e. The first-order chi connectivity index (χ1) is 7.38. The monoisotopic (exact) mass is 206 g/mol. The molecular formula is C12H14O3. The van der Waals surface area contributed by atoms with Crippen LogP contribution in [0, 0.1) is 0 Å². The van der Waals surface area contributed by atoms with Gasteiger partial charge in [-0.1, -0.05) is 30.3 Å². The minimum atomic E-state index is -0.272. The molecule has 1 aliphatic rings. The van der Waals surface area contributed by atoms with Gasteiger partial charge in [-0.3, -0.25) is 0 Å². The fraction of sp³-hybridized carbons (Fsp3) is 0.417. The molecule has 2 rings (SSSR count). The van der Waals surface area contributed by atoms with Gasteiger partial charge < -0.3 is 14.3 Å². The predicted molar refractivity (Wildman–Crippen MR) is 55.2 cm³/mol. The first-order valence-electron chi connectivity index (χ1n) is 5.15. The van der Waals surface area contributed by atoms with Gasteiger partial charge in [-0.15, -0.1) is 0 Å². The van der Waals surface area contributed by atoms with E-state index in [9.17, 15) is 4.79 Å². The minimum Gasteiger partial charge on any atom is -0.348 e. The fourth-order valence-corrected chi connectivity index (χ4v) is 1.62. The molecule has 15 heavy (non-hydrogen) atoms. The molecule has 1 fully saturated rings. The number of aldehydes is 1. The molecule has 1 aliphatic heterocycles. The van der Waals surface area contributed by atoms with Gasteiger partial charge in [-0.2, -0.15) is 0 Å². The molecule has 0 aromatic heterocycles. The maximum Gasteiger partial charge on any atom is 0.159 e. The van der Waals surface area contributed by atoms with Crippen LogP contribution in [0.2, 0.25) is 0 Å². The summed E-state index contributed by atoms with van der Waals surface area (Å²) >= 11 is 0. The maximum atomic E-state index is 10.4. The first-order valence-corrected chi connectivity index (χ1v) is 5.15. The number of benzene rings is 1. The summed E-state index contributed by atoms with van der Waals surface area (Å²) in [5.41, 5.74) is 1.12. The number of rotatable bonds is 4. The molecule has 0 amide bonds. The summed E-state index contributed by atoms with van der Waals surface area (Å²) in [4.78, 5) is 10.4. The summed E-state index contributed by atoms with van der Waals surface area (Å²) in [5.74, 6) is 0. The third kappa shape index (κ3) is 2.88. The highest BCUT2D eigenvalue weighted by molar-refractivity contribution is 5.56. The highest BCUT2D eigenvalue weighted by Crippen LogP contribution is 2.20. The Labute approximate surface area is 89.0 Å². The smallest absolute Gasteiger partial charge is 0.159 e. The lowest BCUT2D eigenvalue weighted by Gasteiger charge is -2.11. The van der Waals surface area contributed by atoms with E-state index in [-0.39, 0.29) is 12.4 Å². The molecule has 0 radical (unpaired) electrons. The lowest BCUT2D eigenvalue weighted by molar-refractivity contribution is -0.149. The van der Waals surface area contributed by atoms with Gasteiger partial charge in [0.25, 0.3) is 0 Å². The fourth-order valence-electron chi connectivity index (χ4n) is 1.62. The lowest BCUT2D eigenvalue weighted by atomic mass is 10.2. The van der Waals surface area contributed by atoms with Crippen LogP contribution in [0.3, 0.4) is 0 Å². The Kier molecular flexibility index (Phi) is 3.48. The zero-order chi connectivity index (χ0) is 10.5. The van der Waals surface area contributed by atoms with Gasteiger partial charge in [0.05, 0.1) is 6.61 Å². The van der Waals surface area contributed by atoms with Crippen molar-refractivity contribution in [2.45, 2.75) is 31.8 Å². The Morgan fingerprint density at radius 2 is 2.13 bits per heavy atom. The molecule has 0 saturated carbocycles. The average molecular weight is 206 g/mol. The average Bonchev–Trinajstić information content (AvgIpc) is 2.76. The second-order valence-corrected chi connectivity index (χ2v) is 3.61. The van der Waals surface area contributed by atoms with Crippen molar-refractivity contribution in [1.82, 2.24) is 0 Å². The molecule has 80 valence electrons. The van der Waals surface area contributed by atoms with Gasteiger partial charge in [-0.05, 0) is 12.0 Å². The second kappa shape index (κ2) is 5.05. The van der Waals surface area contributed by atoms with Crippen LogP contribution in [0.25, 0.3) is 0 Å². The van der Waals surface area contributed by atoms with Crippen LogP contribution < -0.4 is 0 Å². The molecule has 0 spiro atoms. The van der Waals surface area contributed by atoms with Crippen LogP contribution >= 0.6 is 0 Å². The molecule has 1 aromatic rings. The zero-order valence-corrected chi connectivity index (χ0v) is 8.46. The Morgan fingerprint density at radius 1 is 1.33 bits per heavy atom. The number of ether oxygens (including phenoxy) is 2. The van der Waals surface area contributed by atoms with Crippen LogP contribution in [-0.4, -0.2) is 18.7 Å². The molecule has 1 saturated heterocycles. The van der Waals surface area contributed by atoms with E-state index >= 15 is 0 Å². The van der Waals surface area contributed by atoms with Gasteiger partial charge in [-0.25, -0.2) is 0 Å². The van der Waals surface area contributed by atoms with Gasteiger partial charge in [0.15, 0.2) is 6.29 Å². The van der Waals surface area contributed by atoms with E-state index in [2.05, 4.69) is 0 Å². The van der Waals surface area contributed by atoms with Crippen LogP contribution in [0.4, 0.5) is 0 Å². The van der Waals surface area contributed by atoms with Crippen molar-refractivity contribution in [2.24, 2.45) is 0 Å². The number of hydrogen-bond donors (Lipinski definition) is 0. The summed E-state index contributed by atoms with van der Waals surface area (Å²) in [6.45, 7) is 0.539. The summed E-state index contributed by atoms with van der Waals surface area (Å²) < 4.78 is 10.9. The maximum absolute atomic E-state index is 10.4. The summed E-state index contributed by atoms with van der Waals surface area (Å²) in [7, 11) is 0. The Morgan fingerprint density at radius 3 is 2.80 bits per heavy atom. The van der Waals surface area contributed by atoms with Crippen molar-refractivity contribution in [3.8, 4) is 0 Å². The molecule has 0 bridgehead atoms. The Bertz CT molecular complexity index is 310. The van der Waals surface area contributed by atoms with E-state index in [1.165, 1.54) is 0 Å². The standard InChI is InChI=1S/C12H14O3/c13-8-11-6-7-12(15-11)14-9-10-4-2-1-3-5-10/h1-5,8,11-12H,6-7,9H2/t11?,12-/m0/s1. The molecule has 1 aromatic carbocycles. The SMILES string of the molecule is O=CC1CC[C@@H](OCc2ccccc2)O1. The summed E-state index contributed by atoms with van der Waals surface area (Å²) in [6, 6.07) is 9.93. The summed E-state index contributed by atoms with van der Waals surface area (Å²) in [5, 5.41) is 0. The molecule has 3 heteroatoms. The van der Waals surface area contributed by atoms with Crippen molar-refractivity contribution in [3.05, 3.63) is 35.9 Å². The quantitative estimate of drug-likeness (QED) is 0.706. The van der Waals surface area contributed by atoms with Crippen LogP contribution in [0.15, 0.2) is 30.3 Å². The van der Waals surface area contributed by atoms with Gasteiger partial charge in [0, 0.05) is 6.42 Å². The summed E-state index contributed by atoms with van der Waals surface area (Å²) in [6.07, 6.45) is 1.91. The topological polar surface area (TPSA) is 35.5 Å². The van der Waals surface area contributed by atoms with Crippen molar-refractivity contribution < 1.29 is 14.3 Å². The molecule has 1 unspecified atom stereocenters. The predicted octanol–water partition coefficient (Wildman–Crippen LogP) is 1.91. The van der Waals surface area contributed by atoms with Crippen LogP contribution in [0.5, 0.6) is 0 Å². The van der Waals surface area contributed by atoms with E-state index in [1.54, 1.807) is 0 Å². The van der Waals surface area contributed by atoms with Crippen molar-refractivity contribution in [2.75, 3.05) is 0 Å². The highest BCUT2D eigenvalue weighted by atomic mass is 16.7. The van der Waals surface area contributed by atoms with Crippen molar-refractivity contribution in [3.63, 3.8) is 0 Å². The highest BCUT2D eigenvalue weighted by Gasteiger charge is 2.24. The molecule has 2 atom stereocenters. The van der Waals surface area contributed by atoms with Crippen molar-refractivity contribution >= 4 is 6.29 Å². The molecule has 0 aliphatic carbocycles. The van der Waals surface area contributed by atoms with E-state index < -0.39 is 0 Å². The third-order valence-electron chi connectivity index (χ3n) is 2.44. The van der Waals surface area contributed by atoms with E-state index in [4.69, 9.17) is 9.47 Å².